The fraction of sp³-hybridized carbons (Fsp3) is 0.111. The zero-order valence-electron chi connectivity index (χ0n) is 6.22. The molecule has 1 unspecified atom stereocenters. The van der Waals surface area contributed by atoms with Gasteiger partial charge < -0.3 is 0 Å². The smallest absolute Gasteiger partial charge is 0.163 e. The standard InChI is InChI=1S/C9H6F2N/c1-6(5-12)7-3-2-4-8(10)9(7)11/h2-4,6H,1H2. The summed E-state index contributed by atoms with van der Waals surface area (Å²) in [7, 11) is 0. The number of hydrogen-bond acceptors (Lipinski definition) is 1. The fourth-order valence-electron chi connectivity index (χ4n) is 0.859. The van der Waals surface area contributed by atoms with Gasteiger partial charge >= 0.3 is 0 Å². The summed E-state index contributed by atoms with van der Waals surface area (Å²) in [4.78, 5) is 0. The van der Waals surface area contributed by atoms with E-state index in [1.807, 2.05) is 0 Å². The summed E-state index contributed by atoms with van der Waals surface area (Å²) < 4.78 is 25.4. The summed E-state index contributed by atoms with van der Waals surface area (Å²) in [6.07, 6.45) is 0. The molecular formula is C9H6F2N. The Hall–Kier alpha value is -1.43. The number of rotatable bonds is 1. The normalized spacial score (nSPS) is 12.2. The highest BCUT2D eigenvalue weighted by Crippen LogP contribution is 2.19. The van der Waals surface area contributed by atoms with Gasteiger partial charge in [-0.2, -0.15) is 5.26 Å². The molecular weight excluding hydrogens is 160 g/mol. The summed E-state index contributed by atoms with van der Waals surface area (Å²) in [5.74, 6) is -2.80. The van der Waals surface area contributed by atoms with Crippen molar-refractivity contribution < 1.29 is 8.78 Å². The second-order valence-electron chi connectivity index (χ2n) is 2.32. The molecule has 0 amide bonds. The van der Waals surface area contributed by atoms with Crippen LogP contribution in [0.3, 0.4) is 0 Å². The van der Waals surface area contributed by atoms with Gasteiger partial charge in [0.25, 0.3) is 0 Å². The van der Waals surface area contributed by atoms with E-state index >= 15 is 0 Å². The minimum atomic E-state index is -0.987. The quantitative estimate of drug-likeness (QED) is 0.628. The van der Waals surface area contributed by atoms with Gasteiger partial charge in [-0.3, -0.25) is 0 Å². The molecule has 0 saturated heterocycles. The molecule has 0 aliphatic heterocycles. The number of benzene rings is 1. The second-order valence-corrected chi connectivity index (χ2v) is 2.32. The Bertz CT molecular complexity index is 328. The molecule has 0 aromatic heterocycles. The third-order valence-electron chi connectivity index (χ3n) is 1.51. The maximum Gasteiger partial charge on any atom is 0.163 e. The van der Waals surface area contributed by atoms with Gasteiger partial charge in [-0.05, 0) is 13.0 Å². The van der Waals surface area contributed by atoms with E-state index in [0.29, 0.717) is 0 Å². The van der Waals surface area contributed by atoms with Gasteiger partial charge in [-0.15, -0.1) is 0 Å². The molecule has 1 nitrogen and oxygen atoms in total. The van der Waals surface area contributed by atoms with Crippen LogP contribution in [0.15, 0.2) is 18.2 Å². The van der Waals surface area contributed by atoms with E-state index in [1.54, 1.807) is 6.07 Å². The van der Waals surface area contributed by atoms with Gasteiger partial charge in [0.15, 0.2) is 11.6 Å². The van der Waals surface area contributed by atoms with Crippen LogP contribution in [0.4, 0.5) is 8.78 Å². The summed E-state index contributed by atoms with van der Waals surface area (Å²) in [5, 5.41) is 8.40. The highest BCUT2D eigenvalue weighted by Gasteiger charge is 2.12. The molecule has 61 valence electrons. The van der Waals surface area contributed by atoms with Crippen LogP contribution < -0.4 is 0 Å². The lowest BCUT2D eigenvalue weighted by Crippen LogP contribution is -1.97. The molecule has 0 N–H and O–H groups in total. The molecule has 0 aliphatic rings. The lowest BCUT2D eigenvalue weighted by molar-refractivity contribution is 0.499. The molecule has 1 aromatic carbocycles. The van der Waals surface area contributed by atoms with Crippen LogP contribution in [-0.4, -0.2) is 0 Å². The topological polar surface area (TPSA) is 23.8 Å². The van der Waals surface area contributed by atoms with Crippen molar-refractivity contribution in [1.82, 2.24) is 0 Å². The first-order valence-corrected chi connectivity index (χ1v) is 3.33. The average Bonchev–Trinajstić information content (AvgIpc) is 2.08. The van der Waals surface area contributed by atoms with E-state index < -0.39 is 17.6 Å². The molecule has 1 aromatic rings. The van der Waals surface area contributed by atoms with Crippen LogP contribution in [0.5, 0.6) is 0 Å². The number of halogens is 2. The van der Waals surface area contributed by atoms with Crippen LogP contribution in [0.1, 0.15) is 11.5 Å². The Morgan fingerprint density at radius 1 is 1.42 bits per heavy atom. The van der Waals surface area contributed by atoms with Gasteiger partial charge in [0, 0.05) is 5.56 Å². The Labute approximate surface area is 69.2 Å². The van der Waals surface area contributed by atoms with Crippen molar-refractivity contribution in [2.24, 2.45) is 0 Å². The average molecular weight is 166 g/mol. The molecule has 0 spiro atoms. The Morgan fingerprint density at radius 2 is 2.08 bits per heavy atom. The second kappa shape index (κ2) is 3.31. The monoisotopic (exact) mass is 166 g/mol. The summed E-state index contributed by atoms with van der Waals surface area (Å²) >= 11 is 0. The summed E-state index contributed by atoms with van der Waals surface area (Å²) in [5.41, 5.74) is -0.00231. The summed E-state index contributed by atoms with van der Waals surface area (Å²) in [6.45, 7) is 3.36. The van der Waals surface area contributed by atoms with E-state index in [2.05, 4.69) is 6.92 Å². The molecule has 3 heteroatoms. The molecule has 0 aliphatic carbocycles. The van der Waals surface area contributed by atoms with Crippen molar-refractivity contribution in [1.29, 1.82) is 5.26 Å². The van der Waals surface area contributed by atoms with Crippen molar-refractivity contribution in [2.45, 2.75) is 5.92 Å². The lowest BCUT2D eigenvalue weighted by atomic mass is 10.0. The van der Waals surface area contributed by atoms with Crippen molar-refractivity contribution in [3.63, 3.8) is 0 Å². The SMILES string of the molecule is [CH2]C(C#N)c1cccc(F)c1F. The number of nitriles is 1. The molecule has 1 radical (unpaired) electrons. The Balaban J connectivity index is 3.18. The lowest BCUT2D eigenvalue weighted by Gasteiger charge is -2.03. The highest BCUT2D eigenvalue weighted by molar-refractivity contribution is 5.28. The zero-order chi connectivity index (χ0) is 9.14. The first kappa shape index (κ1) is 8.66. The minimum Gasteiger partial charge on any atom is -0.204 e. The van der Waals surface area contributed by atoms with Crippen LogP contribution in [0, 0.1) is 29.9 Å². The van der Waals surface area contributed by atoms with Crippen molar-refractivity contribution >= 4 is 0 Å². The van der Waals surface area contributed by atoms with E-state index in [9.17, 15) is 8.78 Å². The van der Waals surface area contributed by atoms with Gasteiger partial charge in [0.1, 0.15) is 0 Å². The van der Waals surface area contributed by atoms with Crippen molar-refractivity contribution in [3.8, 4) is 6.07 Å². The first-order chi connectivity index (χ1) is 5.66. The predicted octanol–water partition coefficient (Wildman–Crippen LogP) is 2.41. The maximum atomic E-state index is 12.9. The van der Waals surface area contributed by atoms with Gasteiger partial charge in [-0.25, -0.2) is 8.78 Å². The molecule has 1 rings (SSSR count). The van der Waals surface area contributed by atoms with E-state index in [1.165, 1.54) is 12.1 Å². The van der Waals surface area contributed by atoms with E-state index in [0.717, 1.165) is 6.07 Å². The molecule has 0 fully saturated rings. The van der Waals surface area contributed by atoms with Gasteiger partial charge in [0.05, 0.1) is 12.0 Å². The largest absolute Gasteiger partial charge is 0.204 e. The Kier molecular flexibility index (Phi) is 2.39. The first-order valence-electron chi connectivity index (χ1n) is 3.33. The molecule has 0 bridgehead atoms. The Morgan fingerprint density at radius 3 is 2.67 bits per heavy atom. The predicted molar refractivity (Wildman–Crippen MR) is 40.1 cm³/mol. The maximum absolute atomic E-state index is 12.9. The molecule has 0 heterocycles. The van der Waals surface area contributed by atoms with Gasteiger partial charge in [-0.1, -0.05) is 12.1 Å². The number of hydrogen-bond donors (Lipinski definition) is 0. The van der Waals surface area contributed by atoms with Crippen LogP contribution in [0.2, 0.25) is 0 Å². The van der Waals surface area contributed by atoms with Crippen molar-refractivity contribution in [2.75, 3.05) is 0 Å². The van der Waals surface area contributed by atoms with Crippen molar-refractivity contribution in [3.05, 3.63) is 42.3 Å². The van der Waals surface area contributed by atoms with Crippen LogP contribution in [0.25, 0.3) is 0 Å². The summed E-state index contributed by atoms with van der Waals surface area (Å²) in [6, 6.07) is 5.43. The highest BCUT2D eigenvalue weighted by atomic mass is 19.2. The van der Waals surface area contributed by atoms with Crippen LogP contribution >= 0.6 is 0 Å². The third-order valence-corrected chi connectivity index (χ3v) is 1.51. The number of nitrogens with zero attached hydrogens (tertiary/aromatic N) is 1. The molecule has 12 heavy (non-hydrogen) atoms. The van der Waals surface area contributed by atoms with E-state index in [-0.39, 0.29) is 5.56 Å². The third kappa shape index (κ3) is 1.42. The van der Waals surface area contributed by atoms with E-state index in [4.69, 9.17) is 5.26 Å². The van der Waals surface area contributed by atoms with Crippen LogP contribution in [-0.2, 0) is 0 Å². The van der Waals surface area contributed by atoms with Gasteiger partial charge in [0.2, 0.25) is 0 Å². The fourth-order valence-corrected chi connectivity index (χ4v) is 0.859. The molecule has 0 saturated carbocycles. The molecule has 1 atom stereocenters. The zero-order valence-corrected chi connectivity index (χ0v) is 6.22. The minimum absolute atomic E-state index is 0.00231.